The Morgan fingerprint density at radius 1 is 0.643 bits per heavy atom. The van der Waals surface area contributed by atoms with Gasteiger partial charge >= 0.3 is 0 Å². The van der Waals surface area contributed by atoms with Gasteiger partial charge in [-0.3, -0.25) is 9.98 Å². The van der Waals surface area contributed by atoms with Crippen LogP contribution in [-0.4, -0.2) is 58.7 Å². The molecule has 0 spiro atoms. The second kappa shape index (κ2) is 5.33. The van der Waals surface area contributed by atoms with Crippen LogP contribution in [0.3, 0.4) is 0 Å². The normalized spacial score (nSPS) is 46.4. The average molecular weight is 376 g/mol. The van der Waals surface area contributed by atoms with Crippen LogP contribution in [0.15, 0.2) is 53.7 Å². The average Bonchev–Trinajstić information content (AvgIpc) is 3.31. The minimum absolute atomic E-state index is 0.335. The molecule has 5 heterocycles. The van der Waals surface area contributed by atoms with Gasteiger partial charge in [-0.1, -0.05) is 0 Å². The predicted molar refractivity (Wildman–Crippen MR) is 114 cm³/mol. The van der Waals surface area contributed by atoms with Gasteiger partial charge in [-0.15, -0.1) is 0 Å². The molecular formula is C20H24N8. The molecule has 5 aliphatic rings. The van der Waals surface area contributed by atoms with Gasteiger partial charge in [0.2, 0.25) is 0 Å². The third-order valence-electron chi connectivity index (χ3n) is 5.40. The molecule has 8 heteroatoms. The van der Waals surface area contributed by atoms with Crippen molar-refractivity contribution in [2.24, 2.45) is 30.0 Å². The molecule has 0 saturated heterocycles. The topological polar surface area (TPSA) is 98.2 Å². The highest BCUT2D eigenvalue weighted by molar-refractivity contribution is 6.02. The Balaban J connectivity index is 1.56. The van der Waals surface area contributed by atoms with Crippen molar-refractivity contribution in [2.75, 3.05) is 0 Å². The Morgan fingerprint density at radius 3 is 1.50 bits per heavy atom. The molecule has 4 atom stereocenters. The van der Waals surface area contributed by atoms with Crippen LogP contribution in [0.2, 0.25) is 0 Å². The molecule has 0 amide bonds. The zero-order valence-corrected chi connectivity index (χ0v) is 16.6. The Hall–Kier alpha value is -2.90. The van der Waals surface area contributed by atoms with Crippen LogP contribution in [0.4, 0.5) is 0 Å². The van der Waals surface area contributed by atoms with Crippen LogP contribution in [0.25, 0.3) is 0 Å². The lowest BCUT2D eigenvalue weighted by Gasteiger charge is -2.24. The van der Waals surface area contributed by atoms with Crippen molar-refractivity contribution < 1.29 is 0 Å². The monoisotopic (exact) mass is 376 g/mol. The highest BCUT2D eigenvalue weighted by atomic mass is 15.2. The molecule has 0 aromatic heterocycles. The third kappa shape index (κ3) is 3.02. The molecule has 28 heavy (non-hydrogen) atoms. The highest BCUT2D eigenvalue weighted by Gasteiger charge is 2.37. The minimum Gasteiger partial charge on any atom is -0.360 e. The first-order valence-corrected chi connectivity index (χ1v) is 9.55. The lowest BCUT2D eigenvalue weighted by molar-refractivity contribution is 0.557. The molecule has 2 N–H and O–H groups in total. The van der Waals surface area contributed by atoms with Gasteiger partial charge < -0.3 is 10.6 Å². The summed E-state index contributed by atoms with van der Waals surface area (Å²) in [6, 6.07) is 0. The standard InChI is InChI=1S/C20H24N8/c1-17-5-13-22-10-19(3,26-13)7-15-24-12-20(4,28-15)8-16-23-11-18(2,27-16)6-14(25-17)21-9-17/h5,8-12,26-27H,6-7H2,1-4H3/b13-5-,16-8-. The molecule has 0 saturated carbocycles. The molecular weight excluding hydrogens is 352 g/mol. The Morgan fingerprint density at radius 2 is 1.07 bits per heavy atom. The lowest BCUT2D eigenvalue weighted by Crippen LogP contribution is -2.41. The van der Waals surface area contributed by atoms with E-state index in [1.807, 2.05) is 50.9 Å². The number of nitrogens with one attached hydrogen (secondary N) is 2. The summed E-state index contributed by atoms with van der Waals surface area (Å²) in [6.45, 7) is 8.27. The first-order valence-electron chi connectivity index (χ1n) is 9.55. The summed E-state index contributed by atoms with van der Waals surface area (Å²) in [5, 5.41) is 6.98. The van der Waals surface area contributed by atoms with E-state index in [1.165, 1.54) is 0 Å². The van der Waals surface area contributed by atoms with Crippen molar-refractivity contribution in [3.8, 4) is 0 Å². The second-order valence-corrected chi connectivity index (χ2v) is 9.04. The van der Waals surface area contributed by atoms with Gasteiger partial charge in [0.25, 0.3) is 0 Å². The largest absolute Gasteiger partial charge is 0.360 e. The number of fused-ring (bicyclic) bond motifs is 6. The van der Waals surface area contributed by atoms with E-state index in [4.69, 9.17) is 9.98 Å². The van der Waals surface area contributed by atoms with E-state index < -0.39 is 11.1 Å². The summed E-state index contributed by atoms with van der Waals surface area (Å²) >= 11 is 0. The van der Waals surface area contributed by atoms with Gasteiger partial charge in [0.15, 0.2) is 0 Å². The van der Waals surface area contributed by atoms with Crippen molar-refractivity contribution >= 4 is 36.5 Å². The number of nitrogens with zero attached hydrogens (tertiary/aromatic N) is 6. The van der Waals surface area contributed by atoms with Crippen LogP contribution in [0, 0.1) is 0 Å². The number of amidine groups is 2. The van der Waals surface area contributed by atoms with E-state index in [1.54, 1.807) is 0 Å². The molecule has 8 nitrogen and oxygen atoms in total. The zero-order valence-electron chi connectivity index (χ0n) is 16.6. The maximum Gasteiger partial charge on any atom is 0.127 e. The van der Waals surface area contributed by atoms with Crippen LogP contribution in [-0.2, 0) is 0 Å². The first kappa shape index (κ1) is 17.2. The molecule has 0 fully saturated rings. The molecule has 0 aromatic carbocycles. The van der Waals surface area contributed by atoms with Gasteiger partial charge in [-0.05, 0) is 39.8 Å². The van der Waals surface area contributed by atoms with E-state index in [2.05, 4.69) is 44.5 Å². The van der Waals surface area contributed by atoms with E-state index >= 15 is 0 Å². The number of hydrogen-bond acceptors (Lipinski definition) is 8. The first-order chi connectivity index (χ1) is 13.1. The van der Waals surface area contributed by atoms with Crippen molar-refractivity contribution in [3.63, 3.8) is 0 Å². The molecule has 5 rings (SSSR count). The van der Waals surface area contributed by atoms with E-state index in [0.29, 0.717) is 12.8 Å². The summed E-state index contributed by atoms with van der Waals surface area (Å²) in [5.41, 5.74) is -1.69. The van der Waals surface area contributed by atoms with Crippen LogP contribution < -0.4 is 10.6 Å². The summed E-state index contributed by atoms with van der Waals surface area (Å²) in [7, 11) is 0. The Labute approximate surface area is 164 Å². The molecule has 0 aromatic rings. The van der Waals surface area contributed by atoms with E-state index in [-0.39, 0.29) is 11.1 Å². The van der Waals surface area contributed by atoms with Crippen LogP contribution in [0.5, 0.6) is 0 Å². The smallest absolute Gasteiger partial charge is 0.127 e. The number of aliphatic imine (C=N–C) groups is 6. The number of rotatable bonds is 0. The molecule has 5 aliphatic heterocycles. The maximum atomic E-state index is 4.84. The molecule has 0 aliphatic carbocycles. The van der Waals surface area contributed by atoms with Gasteiger partial charge in [0.05, 0.1) is 11.1 Å². The fourth-order valence-electron chi connectivity index (χ4n) is 4.07. The third-order valence-corrected chi connectivity index (χ3v) is 5.40. The van der Waals surface area contributed by atoms with Gasteiger partial charge in [-0.2, -0.15) is 0 Å². The molecule has 0 radical (unpaired) electrons. The molecule has 144 valence electrons. The second-order valence-electron chi connectivity index (χ2n) is 9.04. The van der Waals surface area contributed by atoms with Crippen molar-refractivity contribution in [2.45, 2.75) is 62.7 Å². The summed E-state index contributed by atoms with van der Waals surface area (Å²) < 4.78 is 0. The number of hydrogen-bond donors (Lipinski definition) is 2. The van der Waals surface area contributed by atoms with Gasteiger partial charge in [0.1, 0.15) is 34.4 Å². The quantitative estimate of drug-likeness (QED) is 0.674. The fraction of sp³-hybridized carbons (Fsp3) is 0.500. The van der Waals surface area contributed by atoms with Gasteiger partial charge in [0, 0.05) is 37.7 Å². The summed E-state index contributed by atoms with van der Waals surface area (Å²) in [5.74, 6) is 3.20. The Kier molecular flexibility index (Phi) is 3.28. The van der Waals surface area contributed by atoms with E-state index in [0.717, 1.165) is 23.3 Å². The summed E-state index contributed by atoms with van der Waals surface area (Å²) in [6.07, 6.45) is 13.0. The van der Waals surface area contributed by atoms with Crippen LogP contribution in [0.1, 0.15) is 40.5 Å². The summed E-state index contributed by atoms with van der Waals surface area (Å²) in [4.78, 5) is 28.0. The molecule has 8 bridgehead atoms. The predicted octanol–water partition coefficient (Wildman–Crippen LogP) is 1.81. The Bertz CT molecular complexity index is 916. The lowest BCUT2D eigenvalue weighted by atomic mass is 9.98. The zero-order chi connectivity index (χ0) is 19.6. The SMILES string of the molecule is CC12C=NC(=N1)CC1(C)C=N/C(=C/C3(C)C=NC(=N3)CC3(C)C=N/C(=C/2)N3)N1. The molecule has 4 unspecified atom stereocenters. The minimum atomic E-state index is -0.510. The fourth-order valence-corrected chi connectivity index (χ4v) is 4.07. The maximum absolute atomic E-state index is 4.84. The highest BCUT2D eigenvalue weighted by Crippen LogP contribution is 2.29. The van der Waals surface area contributed by atoms with Crippen molar-refractivity contribution in [1.82, 2.24) is 10.6 Å². The van der Waals surface area contributed by atoms with Crippen molar-refractivity contribution in [1.29, 1.82) is 0 Å². The van der Waals surface area contributed by atoms with Crippen molar-refractivity contribution in [3.05, 3.63) is 23.8 Å². The van der Waals surface area contributed by atoms with Gasteiger partial charge in [-0.25, -0.2) is 20.0 Å². The van der Waals surface area contributed by atoms with Crippen LogP contribution >= 0.6 is 0 Å². The van der Waals surface area contributed by atoms with E-state index in [9.17, 15) is 0 Å².